The molecular formula is C23H34O4. The number of esters is 1. The SMILES string of the molecule is C[C@]12CC[C@H](O)C[C@@H]1CC[C@@H]1[C@H]2CC[C@]2(C)[C@@H](C3=CC(=O)OC3)CC[C@@]12O. The smallest absolute Gasteiger partial charge is 0.331 e. The molecule has 0 radical (unpaired) electrons. The maximum Gasteiger partial charge on any atom is 0.331 e. The summed E-state index contributed by atoms with van der Waals surface area (Å²) in [5.41, 5.74) is 0.600. The minimum Gasteiger partial charge on any atom is -0.458 e. The number of carbonyl (C=O) groups excluding carboxylic acids is 1. The first-order valence-corrected chi connectivity index (χ1v) is 11.1. The van der Waals surface area contributed by atoms with E-state index in [1.165, 1.54) is 6.42 Å². The number of hydrogen-bond acceptors (Lipinski definition) is 4. The van der Waals surface area contributed by atoms with E-state index in [-0.39, 0.29) is 28.8 Å². The molecule has 27 heavy (non-hydrogen) atoms. The fourth-order valence-corrected chi connectivity index (χ4v) is 8.39. The Morgan fingerprint density at radius 3 is 2.59 bits per heavy atom. The van der Waals surface area contributed by atoms with Gasteiger partial charge in [-0.15, -0.1) is 0 Å². The highest BCUT2D eigenvalue weighted by Crippen LogP contribution is 2.69. The molecule has 0 amide bonds. The van der Waals surface area contributed by atoms with Crippen molar-refractivity contribution < 1.29 is 19.7 Å². The Bertz CT molecular complexity index is 686. The van der Waals surface area contributed by atoms with Gasteiger partial charge >= 0.3 is 5.97 Å². The summed E-state index contributed by atoms with van der Waals surface area (Å²) in [6.07, 6.45) is 10.8. The molecule has 4 heteroatoms. The molecule has 2 N–H and O–H groups in total. The normalized spacial score (nSPS) is 54.6. The molecule has 4 nitrogen and oxygen atoms in total. The van der Waals surface area contributed by atoms with Crippen molar-refractivity contribution in [2.24, 2.45) is 34.5 Å². The van der Waals surface area contributed by atoms with E-state index in [9.17, 15) is 15.0 Å². The summed E-state index contributed by atoms with van der Waals surface area (Å²) in [7, 11) is 0. The van der Waals surface area contributed by atoms with Crippen molar-refractivity contribution in [3.63, 3.8) is 0 Å². The lowest BCUT2D eigenvalue weighted by atomic mass is 9.43. The van der Waals surface area contributed by atoms with Crippen LogP contribution in [0.4, 0.5) is 0 Å². The van der Waals surface area contributed by atoms with Crippen molar-refractivity contribution in [1.29, 1.82) is 0 Å². The quantitative estimate of drug-likeness (QED) is 0.688. The summed E-state index contributed by atoms with van der Waals surface area (Å²) in [5, 5.41) is 22.3. The molecule has 8 atom stereocenters. The Labute approximate surface area is 162 Å². The molecule has 0 aromatic carbocycles. The monoisotopic (exact) mass is 374 g/mol. The van der Waals surface area contributed by atoms with E-state index in [1.54, 1.807) is 6.08 Å². The Morgan fingerprint density at radius 2 is 1.85 bits per heavy atom. The lowest BCUT2D eigenvalue weighted by Gasteiger charge is -2.63. The minimum absolute atomic E-state index is 0.126. The largest absolute Gasteiger partial charge is 0.458 e. The Kier molecular flexibility index (Phi) is 3.92. The number of aliphatic hydroxyl groups excluding tert-OH is 1. The molecule has 0 unspecified atom stereocenters. The van der Waals surface area contributed by atoms with Gasteiger partial charge in [-0.2, -0.15) is 0 Å². The van der Waals surface area contributed by atoms with Gasteiger partial charge in [-0.1, -0.05) is 13.8 Å². The number of aliphatic hydroxyl groups is 2. The van der Waals surface area contributed by atoms with Gasteiger partial charge in [0.2, 0.25) is 0 Å². The van der Waals surface area contributed by atoms with E-state index in [2.05, 4.69) is 13.8 Å². The Morgan fingerprint density at radius 1 is 1.04 bits per heavy atom. The lowest BCUT2D eigenvalue weighted by Crippen LogP contribution is -2.62. The zero-order chi connectivity index (χ0) is 19.0. The molecule has 0 aromatic heterocycles. The number of fused-ring (bicyclic) bond motifs is 5. The van der Waals surface area contributed by atoms with Crippen molar-refractivity contribution in [2.45, 2.75) is 83.3 Å². The molecule has 0 spiro atoms. The first-order valence-electron chi connectivity index (χ1n) is 11.1. The van der Waals surface area contributed by atoms with Gasteiger partial charge in [0.1, 0.15) is 6.61 Å². The van der Waals surface area contributed by atoms with Crippen LogP contribution in [0.25, 0.3) is 0 Å². The first kappa shape index (κ1) is 18.2. The van der Waals surface area contributed by atoms with Crippen LogP contribution in [0.1, 0.15) is 71.6 Å². The summed E-state index contributed by atoms with van der Waals surface area (Å²) in [5.74, 6) is 1.59. The van der Waals surface area contributed by atoms with Crippen molar-refractivity contribution >= 4 is 5.97 Å². The molecule has 0 saturated heterocycles. The molecule has 1 heterocycles. The second-order valence-electron chi connectivity index (χ2n) is 10.7. The van der Waals surface area contributed by atoms with Gasteiger partial charge in [-0.05, 0) is 92.4 Å². The van der Waals surface area contributed by atoms with Gasteiger partial charge in [0, 0.05) is 11.5 Å². The highest BCUT2D eigenvalue weighted by molar-refractivity contribution is 5.85. The van der Waals surface area contributed by atoms with E-state index >= 15 is 0 Å². The van der Waals surface area contributed by atoms with Crippen LogP contribution in [0.2, 0.25) is 0 Å². The summed E-state index contributed by atoms with van der Waals surface area (Å²) in [6, 6.07) is 0. The standard InChI is InChI=1S/C23H34O4/c1-21-8-5-16(24)12-15(21)3-4-19-18(21)6-9-22(2)17(7-10-23(19,22)26)14-11-20(25)27-13-14/h11,15-19,24,26H,3-10,12-13H2,1-2H3/t15-,16-,17+,18+,19+,21-,22+,23+/m0/s1. The number of ether oxygens (including phenoxy) is 1. The fraction of sp³-hybridized carbons (Fsp3) is 0.870. The molecule has 5 rings (SSSR count). The summed E-state index contributed by atoms with van der Waals surface area (Å²) < 4.78 is 5.20. The molecule has 5 aliphatic rings. The molecule has 4 saturated carbocycles. The lowest BCUT2D eigenvalue weighted by molar-refractivity contribution is -0.208. The summed E-state index contributed by atoms with van der Waals surface area (Å²) in [6.45, 7) is 5.15. The summed E-state index contributed by atoms with van der Waals surface area (Å²) in [4.78, 5) is 11.6. The number of hydrogen-bond donors (Lipinski definition) is 2. The van der Waals surface area contributed by atoms with Gasteiger partial charge in [0.25, 0.3) is 0 Å². The van der Waals surface area contributed by atoms with Crippen LogP contribution in [0.3, 0.4) is 0 Å². The van der Waals surface area contributed by atoms with Crippen LogP contribution in [0.5, 0.6) is 0 Å². The average Bonchev–Trinajstić information content (AvgIpc) is 3.16. The highest BCUT2D eigenvalue weighted by Gasteiger charge is 2.67. The molecule has 0 aromatic rings. The second-order valence-corrected chi connectivity index (χ2v) is 10.7. The van der Waals surface area contributed by atoms with Crippen LogP contribution in [0, 0.1) is 34.5 Å². The number of carbonyl (C=O) groups is 1. The topological polar surface area (TPSA) is 66.8 Å². The zero-order valence-corrected chi connectivity index (χ0v) is 16.7. The molecule has 0 bridgehead atoms. The van der Waals surface area contributed by atoms with Crippen LogP contribution < -0.4 is 0 Å². The maximum atomic E-state index is 12.1. The zero-order valence-electron chi connectivity index (χ0n) is 16.7. The van der Waals surface area contributed by atoms with E-state index in [0.717, 1.165) is 56.9 Å². The van der Waals surface area contributed by atoms with Crippen molar-refractivity contribution in [3.05, 3.63) is 11.6 Å². The van der Waals surface area contributed by atoms with E-state index in [1.807, 2.05) is 0 Å². The Hall–Kier alpha value is -0.870. The van der Waals surface area contributed by atoms with Gasteiger partial charge in [-0.25, -0.2) is 4.79 Å². The van der Waals surface area contributed by atoms with E-state index in [0.29, 0.717) is 24.4 Å². The third-order valence-corrected chi connectivity index (χ3v) is 9.96. The van der Waals surface area contributed by atoms with Crippen molar-refractivity contribution in [1.82, 2.24) is 0 Å². The van der Waals surface area contributed by atoms with Crippen molar-refractivity contribution in [3.8, 4) is 0 Å². The third-order valence-electron chi connectivity index (χ3n) is 9.96. The first-order chi connectivity index (χ1) is 12.8. The number of rotatable bonds is 1. The molecule has 4 fully saturated rings. The van der Waals surface area contributed by atoms with Crippen molar-refractivity contribution in [2.75, 3.05) is 6.61 Å². The predicted molar refractivity (Wildman–Crippen MR) is 102 cm³/mol. The fourth-order valence-electron chi connectivity index (χ4n) is 8.39. The third kappa shape index (κ3) is 2.32. The van der Waals surface area contributed by atoms with E-state index in [4.69, 9.17) is 4.74 Å². The molecular weight excluding hydrogens is 340 g/mol. The maximum absolute atomic E-state index is 12.1. The second kappa shape index (κ2) is 5.82. The van der Waals surface area contributed by atoms with E-state index < -0.39 is 5.60 Å². The number of cyclic esters (lactones) is 1. The van der Waals surface area contributed by atoms with Crippen LogP contribution in [-0.2, 0) is 9.53 Å². The Balaban J connectivity index is 1.47. The molecule has 1 aliphatic heterocycles. The van der Waals surface area contributed by atoms with Crippen LogP contribution in [-0.4, -0.2) is 34.5 Å². The summed E-state index contributed by atoms with van der Waals surface area (Å²) >= 11 is 0. The minimum atomic E-state index is -0.628. The van der Waals surface area contributed by atoms with Gasteiger partial charge in [0.05, 0.1) is 11.7 Å². The molecule has 150 valence electrons. The molecule has 4 aliphatic carbocycles. The average molecular weight is 375 g/mol. The van der Waals surface area contributed by atoms with Crippen LogP contribution >= 0.6 is 0 Å². The predicted octanol–water partition coefficient (Wildman–Crippen LogP) is 3.60. The van der Waals surface area contributed by atoms with Gasteiger partial charge in [-0.3, -0.25) is 0 Å². The highest BCUT2D eigenvalue weighted by atomic mass is 16.5. The van der Waals surface area contributed by atoms with Gasteiger partial charge in [0.15, 0.2) is 0 Å². The van der Waals surface area contributed by atoms with Gasteiger partial charge < -0.3 is 14.9 Å². The van der Waals surface area contributed by atoms with Crippen LogP contribution in [0.15, 0.2) is 11.6 Å².